The Labute approximate surface area is 143 Å². The van der Waals surface area contributed by atoms with Gasteiger partial charge in [-0.05, 0) is 55.9 Å². The summed E-state index contributed by atoms with van der Waals surface area (Å²) < 4.78 is 32.2. The molecule has 1 atom stereocenters. The van der Waals surface area contributed by atoms with Crippen LogP contribution in [0.3, 0.4) is 0 Å². The molecule has 24 heavy (non-hydrogen) atoms. The molecule has 7 heteroatoms. The van der Waals surface area contributed by atoms with E-state index >= 15 is 0 Å². The van der Waals surface area contributed by atoms with Crippen molar-refractivity contribution in [3.05, 3.63) is 29.8 Å². The summed E-state index contributed by atoms with van der Waals surface area (Å²) >= 11 is 0. The van der Waals surface area contributed by atoms with E-state index in [1.807, 2.05) is 0 Å². The molecule has 1 unspecified atom stereocenters. The number of piperidine rings is 1. The van der Waals surface area contributed by atoms with Crippen molar-refractivity contribution in [1.82, 2.24) is 9.62 Å². The summed E-state index contributed by atoms with van der Waals surface area (Å²) in [7, 11) is -1.93. The molecule has 1 amide bonds. The van der Waals surface area contributed by atoms with Crippen LogP contribution in [-0.2, 0) is 14.8 Å². The SMILES string of the molecule is COC1CCCN(S(=O)(=O)c2ccc(C(=O)NCC3CC3)cc2)C1. The van der Waals surface area contributed by atoms with Crippen molar-refractivity contribution in [3.8, 4) is 0 Å². The Bertz CT molecular complexity index is 683. The predicted molar refractivity (Wildman–Crippen MR) is 90.3 cm³/mol. The molecule has 0 aromatic heterocycles. The fraction of sp³-hybridized carbons (Fsp3) is 0.588. The lowest BCUT2D eigenvalue weighted by molar-refractivity contribution is 0.0572. The Morgan fingerprint density at radius 2 is 1.96 bits per heavy atom. The molecule has 0 bridgehead atoms. The maximum absolute atomic E-state index is 12.7. The molecular formula is C17H24N2O4S. The van der Waals surface area contributed by atoms with Crippen LogP contribution in [0.25, 0.3) is 0 Å². The summed E-state index contributed by atoms with van der Waals surface area (Å²) in [6.45, 7) is 1.58. The van der Waals surface area contributed by atoms with Crippen molar-refractivity contribution in [2.45, 2.75) is 36.7 Å². The van der Waals surface area contributed by atoms with Gasteiger partial charge in [0.25, 0.3) is 5.91 Å². The third-order valence-electron chi connectivity index (χ3n) is 4.68. The lowest BCUT2D eigenvalue weighted by Gasteiger charge is -2.31. The number of sulfonamides is 1. The number of ether oxygens (including phenoxy) is 1. The van der Waals surface area contributed by atoms with Crippen molar-refractivity contribution in [2.24, 2.45) is 5.92 Å². The normalized spacial score (nSPS) is 22.3. The molecule has 2 aliphatic rings. The molecule has 0 radical (unpaired) electrons. The highest BCUT2D eigenvalue weighted by molar-refractivity contribution is 7.89. The van der Waals surface area contributed by atoms with Gasteiger partial charge < -0.3 is 10.1 Å². The highest BCUT2D eigenvalue weighted by Crippen LogP contribution is 2.27. The van der Waals surface area contributed by atoms with Gasteiger partial charge in [-0.3, -0.25) is 4.79 Å². The van der Waals surface area contributed by atoms with Gasteiger partial charge in [0.2, 0.25) is 10.0 Å². The number of nitrogens with one attached hydrogen (secondary N) is 1. The van der Waals surface area contributed by atoms with E-state index in [-0.39, 0.29) is 16.9 Å². The number of benzene rings is 1. The van der Waals surface area contributed by atoms with Gasteiger partial charge >= 0.3 is 0 Å². The molecular weight excluding hydrogens is 328 g/mol. The minimum Gasteiger partial charge on any atom is -0.380 e. The van der Waals surface area contributed by atoms with E-state index in [1.54, 1.807) is 19.2 Å². The van der Waals surface area contributed by atoms with E-state index in [2.05, 4.69) is 5.32 Å². The molecule has 1 aromatic carbocycles. The summed E-state index contributed by atoms with van der Waals surface area (Å²) in [5.41, 5.74) is 0.489. The number of carbonyl (C=O) groups excluding carboxylic acids is 1. The van der Waals surface area contributed by atoms with Gasteiger partial charge in [-0.15, -0.1) is 0 Å². The van der Waals surface area contributed by atoms with Crippen LogP contribution in [0.4, 0.5) is 0 Å². The summed E-state index contributed by atoms with van der Waals surface area (Å²) in [4.78, 5) is 12.3. The zero-order chi connectivity index (χ0) is 17.2. The largest absolute Gasteiger partial charge is 0.380 e. The number of hydrogen-bond acceptors (Lipinski definition) is 4. The van der Waals surface area contributed by atoms with Gasteiger partial charge in [0.05, 0.1) is 11.0 Å². The van der Waals surface area contributed by atoms with Crippen LogP contribution >= 0.6 is 0 Å². The smallest absolute Gasteiger partial charge is 0.251 e. The quantitative estimate of drug-likeness (QED) is 0.844. The molecule has 1 aromatic rings. The van der Waals surface area contributed by atoms with Crippen LogP contribution < -0.4 is 5.32 Å². The minimum atomic E-state index is -3.54. The third kappa shape index (κ3) is 3.96. The van der Waals surface area contributed by atoms with Crippen molar-refractivity contribution >= 4 is 15.9 Å². The molecule has 132 valence electrons. The van der Waals surface area contributed by atoms with E-state index in [9.17, 15) is 13.2 Å². The fourth-order valence-electron chi connectivity index (χ4n) is 2.90. The molecule has 3 rings (SSSR count). The van der Waals surface area contributed by atoms with Crippen molar-refractivity contribution in [1.29, 1.82) is 0 Å². The van der Waals surface area contributed by atoms with Crippen LogP contribution in [0, 0.1) is 5.92 Å². The topological polar surface area (TPSA) is 75.7 Å². The van der Waals surface area contributed by atoms with Crippen LogP contribution in [0.15, 0.2) is 29.2 Å². The van der Waals surface area contributed by atoms with Crippen LogP contribution in [0.2, 0.25) is 0 Å². The number of amides is 1. The van der Waals surface area contributed by atoms with Gasteiger partial charge in [0.1, 0.15) is 0 Å². The van der Waals surface area contributed by atoms with E-state index in [4.69, 9.17) is 4.74 Å². The highest BCUT2D eigenvalue weighted by Gasteiger charge is 2.30. The fourth-order valence-corrected chi connectivity index (χ4v) is 4.41. The Hall–Kier alpha value is -1.44. The molecule has 1 N–H and O–H groups in total. The van der Waals surface area contributed by atoms with E-state index in [0.29, 0.717) is 31.1 Å². The molecule has 1 saturated carbocycles. The second-order valence-corrected chi connectivity index (χ2v) is 8.48. The molecule has 1 saturated heterocycles. The molecule has 2 fully saturated rings. The summed E-state index contributed by atoms with van der Waals surface area (Å²) in [5, 5.41) is 2.88. The number of hydrogen-bond donors (Lipinski definition) is 1. The van der Waals surface area contributed by atoms with E-state index < -0.39 is 10.0 Å². The number of nitrogens with zero attached hydrogens (tertiary/aromatic N) is 1. The lowest BCUT2D eigenvalue weighted by atomic mass is 10.1. The first-order valence-corrected chi connectivity index (χ1v) is 9.86. The minimum absolute atomic E-state index is 0.0546. The zero-order valence-corrected chi connectivity index (χ0v) is 14.7. The van der Waals surface area contributed by atoms with Gasteiger partial charge in [0.15, 0.2) is 0 Å². The Balaban J connectivity index is 1.68. The molecule has 0 spiro atoms. The Kier molecular flexibility index (Phi) is 5.22. The highest BCUT2D eigenvalue weighted by atomic mass is 32.2. The summed E-state index contributed by atoms with van der Waals surface area (Å²) in [6, 6.07) is 6.18. The predicted octanol–water partition coefficient (Wildman–Crippen LogP) is 1.63. The van der Waals surface area contributed by atoms with Crippen LogP contribution in [0.1, 0.15) is 36.0 Å². The first kappa shape index (κ1) is 17.4. The Morgan fingerprint density at radius 1 is 1.25 bits per heavy atom. The molecule has 1 aliphatic heterocycles. The number of rotatable bonds is 6. The van der Waals surface area contributed by atoms with Gasteiger partial charge in [0, 0.05) is 32.3 Å². The first-order chi connectivity index (χ1) is 11.5. The maximum atomic E-state index is 12.7. The lowest BCUT2D eigenvalue weighted by Crippen LogP contribution is -2.42. The standard InChI is InChI=1S/C17H24N2O4S/c1-23-15-3-2-10-19(12-15)24(21,22)16-8-6-14(7-9-16)17(20)18-11-13-4-5-13/h6-9,13,15H,2-5,10-12H2,1H3,(H,18,20). The van der Waals surface area contributed by atoms with Gasteiger partial charge in [-0.2, -0.15) is 4.31 Å². The first-order valence-electron chi connectivity index (χ1n) is 8.42. The van der Waals surface area contributed by atoms with E-state index in [0.717, 1.165) is 12.8 Å². The molecule has 6 nitrogen and oxygen atoms in total. The average molecular weight is 352 g/mol. The summed E-state index contributed by atoms with van der Waals surface area (Å²) in [5.74, 6) is 0.463. The number of methoxy groups -OCH3 is 1. The Morgan fingerprint density at radius 3 is 2.58 bits per heavy atom. The van der Waals surface area contributed by atoms with Crippen LogP contribution in [0.5, 0.6) is 0 Å². The monoisotopic (exact) mass is 352 g/mol. The molecule has 1 aliphatic carbocycles. The average Bonchev–Trinajstić information content (AvgIpc) is 3.44. The van der Waals surface area contributed by atoms with Gasteiger partial charge in [-0.1, -0.05) is 0 Å². The number of carbonyl (C=O) groups is 1. The third-order valence-corrected chi connectivity index (χ3v) is 6.56. The maximum Gasteiger partial charge on any atom is 0.251 e. The van der Waals surface area contributed by atoms with Crippen molar-refractivity contribution in [3.63, 3.8) is 0 Å². The van der Waals surface area contributed by atoms with E-state index in [1.165, 1.54) is 29.3 Å². The zero-order valence-electron chi connectivity index (χ0n) is 13.9. The van der Waals surface area contributed by atoms with Crippen LogP contribution in [-0.4, -0.2) is 51.5 Å². The second kappa shape index (κ2) is 7.21. The second-order valence-electron chi connectivity index (χ2n) is 6.54. The van der Waals surface area contributed by atoms with Crippen molar-refractivity contribution < 1.29 is 17.9 Å². The molecule has 1 heterocycles. The van der Waals surface area contributed by atoms with Crippen molar-refractivity contribution in [2.75, 3.05) is 26.7 Å². The summed E-state index contributed by atoms with van der Waals surface area (Å²) in [6.07, 6.45) is 3.97. The van der Waals surface area contributed by atoms with Gasteiger partial charge in [-0.25, -0.2) is 8.42 Å².